The van der Waals surface area contributed by atoms with E-state index in [1.54, 1.807) is 0 Å². The van der Waals surface area contributed by atoms with Crippen molar-refractivity contribution in [2.24, 2.45) is 11.8 Å². The van der Waals surface area contributed by atoms with Gasteiger partial charge in [-0.3, -0.25) is 0 Å². The van der Waals surface area contributed by atoms with Crippen molar-refractivity contribution < 1.29 is 13.9 Å². The number of benzene rings is 7. The topological polar surface area (TPSA) is 34.8 Å². The molecule has 1 aromatic heterocycles. The van der Waals surface area contributed by atoms with Gasteiger partial charge in [0.15, 0.2) is 0 Å². The van der Waals surface area contributed by atoms with Crippen molar-refractivity contribution in [2.45, 2.75) is 31.6 Å². The van der Waals surface area contributed by atoms with Gasteiger partial charge in [0.05, 0.1) is 5.69 Å². The molecule has 2 aliphatic heterocycles. The standard InChI is InChI=1S/C49H36BNO3/c1-49(22-12-13-30-23-31(30)29-49)32-24-45-48-46(25-32)54-43-26-37-42(27-39(43)50(48)38-20-10-11-21-41(38)52-45)53-44-28-40(35-18-8-9-19-36(35)47(37)44)51(33-14-4-2-5-15-33)34-16-6-3-7-17-34/h2-12,14-22,24-28,30-31H,13,23,29H2,1H3. The summed E-state index contributed by atoms with van der Waals surface area (Å²) in [6.45, 7) is 2.35. The van der Waals surface area contributed by atoms with Crippen molar-refractivity contribution in [1.82, 2.24) is 0 Å². The van der Waals surface area contributed by atoms with Crippen LogP contribution < -0.4 is 30.8 Å². The molecule has 8 aromatic rings. The highest BCUT2D eigenvalue weighted by molar-refractivity contribution is 6.98. The molecule has 1 saturated carbocycles. The van der Waals surface area contributed by atoms with Gasteiger partial charge in [0.1, 0.15) is 34.2 Å². The fraction of sp³-hybridized carbons (Fsp3) is 0.143. The minimum Gasteiger partial charge on any atom is -0.458 e. The Labute approximate surface area is 314 Å². The summed E-state index contributed by atoms with van der Waals surface area (Å²) in [5.74, 6) is 5.19. The van der Waals surface area contributed by atoms with Gasteiger partial charge in [0.2, 0.25) is 0 Å². The molecule has 3 unspecified atom stereocenters. The van der Waals surface area contributed by atoms with E-state index in [0.29, 0.717) is 0 Å². The average molecular weight is 698 g/mol. The van der Waals surface area contributed by atoms with Gasteiger partial charge in [0, 0.05) is 44.5 Å². The second kappa shape index (κ2) is 11.2. The Hall–Kier alpha value is -6.20. The van der Waals surface area contributed by atoms with E-state index in [2.05, 4.69) is 164 Å². The van der Waals surface area contributed by atoms with Crippen LogP contribution in [0.25, 0.3) is 32.7 Å². The SMILES string of the molecule is CC1(c2cc3c4c(c2)Oc2cc5c(cc2B4c2ccccc2O3)oc2cc(N(c3ccccc3)c3ccccc3)c3ccccc3c25)C=CCC2CC2C1. The number of furan rings is 1. The smallest absolute Gasteiger partial charge is 0.260 e. The zero-order valence-corrected chi connectivity index (χ0v) is 30.0. The number of allylic oxidation sites excluding steroid dienone is 2. The number of hydrogen-bond donors (Lipinski definition) is 0. The third kappa shape index (κ3) is 4.45. The lowest BCUT2D eigenvalue weighted by atomic mass is 9.34. The van der Waals surface area contributed by atoms with Crippen molar-refractivity contribution in [3.63, 3.8) is 0 Å². The van der Waals surface area contributed by atoms with E-state index in [1.807, 2.05) is 0 Å². The maximum absolute atomic E-state index is 7.05. The lowest BCUT2D eigenvalue weighted by Crippen LogP contribution is -2.57. The van der Waals surface area contributed by atoms with E-state index >= 15 is 0 Å². The number of fused-ring (bicyclic) bond motifs is 10. The molecule has 258 valence electrons. The van der Waals surface area contributed by atoms with Gasteiger partial charge < -0.3 is 18.8 Å². The summed E-state index contributed by atoms with van der Waals surface area (Å²) in [5, 5.41) is 4.44. The molecular formula is C49H36BNO3. The highest BCUT2D eigenvalue weighted by Crippen LogP contribution is 2.53. The number of nitrogens with zero attached hydrogens (tertiary/aromatic N) is 1. The van der Waals surface area contributed by atoms with Gasteiger partial charge in [-0.25, -0.2) is 0 Å². The maximum atomic E-state index is 7.05. The van der Waals surface area contributed by atoms with E-state index < -0.39 is 0 Å². The van der Waals surface area contributed by atoms with Crippen LogP contribution in [0.3, 0.4) is 0 Å². The van der Waals surface area contributed by atoms with Gasteiger partial charge in [-0.1, -0.05) is 97.9 Å². The van der Waals surface area contributed by atoms with Crippen LogP contribution in [0.5, 0.6) is 23.0 Å². The molecule has 54 heavy (non-hydrogen) atoms. The summed E-state index contributed by atoms with van der Waals surface area (Å²) in [6, 6.07) is 49.6. The molecule has 2 aliphatic carbocycles. The van der Waals surface area contributed by atoms with Crippen molar-refractivity contribution >= 4 is 72.9 Å². The Morgan fingerprint density at radius 3 is 2.07 bits per heavy atom. The quantitative estimate of drug-likeness (QED) is 0.135. The molecule has 12 rings (SSSR count). The fourth-order valence-corrected chi connectivity index (χ4v) is 9.83. The van der Waals surface area contributed by atoms with Crippen LogP contribution in [0.1, 0.15) is 31.7 Å². The van der Waals surface area contributed by atoms with Crippen LogP contribution in [0.4, 0.5) is 17.1 Å². The number of rotatable bonds is 4. The molecule has 7 aromatic carbocycles. The van der Waals surface area contributed by atoms with E-state index in [9.17, 15) is 0 Å². The molecule has 0 saturated heterocycles. The predicted octanol–water partition coefficient (Wildman–Crippen LogP) is 11.2. The molecule has 0 amide bonds. The predicted molar refractivity (Wildman–Crippen MR) is 221 cm³/mol. The van der Waals surface area contributed by atoms with Crippen LogP contribution in [-0.4, -0.2) is 6.71 Å². The van der Waals surface area contributed by atoms with Crippen LogP contribution >= 0.6 is 0 Å². The minimum absolute atomic E-state index is 0.0420. The summed E-state index contributed by atoms with van der Waals surface area (Å²) in [5.41, 5.74) is 9.46. The molecule has 4 aliphatic rings. The lowest BCUT2D eigenvalue weighted by molar-refractivity contribution is 0.451. The summed E-state index contributed by atoms with van der Waals surface area (Å²) in [4.78, 5) is 2.32. The van der Waals surface area contributed by atoms with E-state index in [1.165, 1.54) is 18.4 Å². The Morgan fingerprint density at radius 1 is 0.611 bits per heavy atom. The van der Waals surface area contributed by atoms with Crippen LogP contribution in [0.15, 0.2) is 156 Å². The molecular weight excluding hydrogens is 661 g/mol. The highest BCUT2D eigenvalue weighted by atomic mass is 16.5. The number of anilines is 3. The van der Waals surface area contributed by atoms with E-state index in [0.717, 1.165) is 107 Å². The first-order valence-corrected chi connectivity index (χ1v) is 19.2. The zero-order valence-electron chi connectivity index (χ0n) is 30.0. The first-order chi connectivity index (χ1) is 26.6. The van der Waals surface area contributed by atoms with Crippen molar-refractivity contribution in [3.8, 4) is 23.0 Å². The average Bonchev–Trinajstić information content (AvgIpc) is 3.87. The molecule has 0 N–H and O–H groups in total. The first kappa shape index (κ1) is 30.3. The molecule has 5 heteroatoms. The van der Waals surface area contributed by atoms with Gasteiger partial charge in [-0.15, -0.1) is 0 Å². The summed E-state index contributed by atoms with van der Waals surface area (Å²) in [7, 11) is 0. The summed E-state index contributed by atoms with van der Waals surface area (Å²) >= 11 is 0. The number of hydrogen-bond acceptors (Lipinski definition) is 4. The fourth-order valence-electron chi connectivity index (χ4n) is 9.83. The molecule has 0 radical (unpaired) electrons. The second-order valence-electron chi connectivity index (χ2n) is 15.9. The largest absolute Gasteiger partial charge is 0.458 e. The summed E-state index contributed by atoms with van der Waals surface area (Å²) < 4.78 is 20.7. The zero-order chi connectivity index (χ0) is 35.5. The van der Waals surface area contributed by atoms with Gasteiger partial charge in [-0.2, -0.15) is 0 Å². The molecule has 1 fully saturated rings. The van der Waals surface area contributed by atoms with Gasteiger partial charge in [0.25, 0.3) is 6.71 Å². The van der Waals surface area contributed by atoms with E-state index in [-0.39, 0.29) is 12.1 Å². The van der Waals surface area contributed by atoms with Crippen molar-refractivity contribution in [2.75, 3.05) is 4.90 Å². The number of ether oxygens (including phenoxy) is 2. The van der Waals surface area contributed by atoms with Crippen molar-refractivity contribution in [1.29, 1.82) is 0 Å². The molecule has 0 bridgehead atoms. The Kier molecular flexibility index (Phi) is 6.26. The van der Waals surface area contributed by atoms with Crippen molar-refractivity contribution in [3.05, 3.63) is 157 Å². The first-order valence-electron chi connectivity index (χ1n) is 19.2. The third-order valence-electron chi connectivity index (χ3n) is 12.6. The van der Waals surface area contributed by atoms with Crippen LogP contribution in [0, 0.1) is 11.8 Å². The second-order valence-corrected chi connectivity index (χ2v) is 15.9. The maximum Gasteiger partial charge on any atom is 0.260 e. The monoisotopic (exact) mass is 697 g/mol. The van der Waals surface area contributed by atoms with Gasteiger partial charge >= 0.3 is 0 Å². The molecule has 0 spiro atoms. The Bertz CT molecular complexity index is 2820. The third-order valence-corrected chi connectivity index (χ3v) is 12.6. The Balaban J connectivity index is 1.08. The molecule has 3 heterocycles. The van der Waals surface area contributed by atoms with E-state index in [4.69, 9.17) is 13.9 Å². The molecule has 3 atom stereocenters. The highest BCUT2D eigenvalue weighted by Gasteiger charge is 2.45. The molecule has 4 nitrogen and oxygen atoms in total. The number of para-hydroxylation sites is 3. The normalized spacial score (nSPS) is 20.4. The lowest BCUT2D eigenvalue weighted by Gasteiger charge is -2.35. The minimum atomic E-state index is -0.0738. The van der Waals surface area contributed by atoms with Gasteiger partial charge in [-0.05, 0) is 108 Å². The van der Waals surface area contributed by atoms with Crippen LogP contribution in [0.2, 0.25) is 0 Å². The van der Waals surface area contributed by atoms with Crippen LogP contribution in [-0.2, 0) is 5.41 Å². The Morgan fingerprint density at radius 2 is 1.30 bits per heavy atom. The summed E-state index contributed by atoms with van der Waals surface area (Å²) in [6.07, 6.45) is 8.54.